The van der Waals surface area contributed by atoms with Crippen molar-refractivity contribution in [3.05, 3.63) is 0 Å². The second-order valence-electron chi connectivity index (χ2n) is 4.51. The molecule has 0 aliphatic heterocycles. The molecule has 15 heavy (non-hydrogen) atoms. The van der Waals surface area contributed by atoms with E-state index in [0.717, 1.165) is 0 Å². The number of carbonyl (C=O) groups is 2. The molecule has 0 aromatic heterocycles. The molecule has 2 unspecified atom stereocenters. The van der Waals surface area contributed by atoms with Gasteiger partial charge in [-0.25, -0.2) is 9.59 Å². The van der Waals surface area contributed by atoms with Crippen LogP contribution in [0.4, 0.5) is 4.79 Å². The van der Waals surface area contributed by atoms with Crippen molar-refractivity contribution in [1.29, 1.82) is 0 Å². The molecule has 1 aliphatic rings. The van der Waals surface area contributed by atoms with Crippen molar-refractivity contribution in [2.45, 2.75) is 38.7 Å². The highest BCUT2D eigenvalue weighted by Gasteiger charge is 2.50. The van der Waals surface area contributed by atoms with Gasteiger partial charge in [0.15, 0.2) is 0 Å². The van der Waals surface area contributed by atoms with Crippen molar-refractivity contribution < 1.29 is 19.2 Å². The number of hydrogen-bond donors (Lipinski definition) is 2. The van der Waals surface area contributed by atoms with Gasteiger partial charge < -0.3 is 15.3 Å². The summed E-state index contributed by atoms with van der Waals surface area (Å²) in [6, 6.07) is 0. The molecule has 0 aromatic rings. The van der Waals surface area contributed by atoms with Gasteiger partial charge in [0.05, 0.1) is 5.41 Å². The molecule has 1 fully saturated rings. The number of rotatable bonds is 2. The molecule has 1 amide bonds. The average molecular weight is 216 g/mol. The lowest BCUT2D eigenvalue weighted by Gasteiger charge is -2.26. The van der Waals surface area contributed by atoms with Crippen LogP contribution in [0.25, 0.3) is 0 Å². The fraction of sp³-hybridized carbons (Fsp3) is 0.778. The van der Waals surface area contributed by atoms with Crippen LogP contribution in [0.2, 0.25) is 0 Å². The molecular formula is C9H16N2O4. The first-order chi connectivity index (χ1) is 6.81. The van der Waals surface area contributed by atoms with Crippen molar-refractivity contribution in [3.63, 3.8) is 0 Å². The highest BCUT2D eigenvalue weighted by atomic mass is 16.7. The molecule has 2 atom stereocenters. The van der Waals surface area contributed by atoms with Crippen LogP contribution in [0.15, 0.2) is 0 Å². The minimum atomic E-state index is -0.831. The Bertz CT molecular complexity index is 294. The molecule has 0 spiro atoms. The van der Waals surface area contributed by atoms with Crippen LogP contribution >= 0.6 is 0 Å². The van der Waals surface area contributed by atoms with Gasteiger partial charge in [0.25, 0.3) is 0 Å². The van der Waals surface area contributed by atoms with E-state index in [-0.39, 0.29) is 0 Å². The van der Waals surface area contributed by atoms with E-state index in [1.165, 1.54) is 0 Å². The Kier molecular flexibility index (Phi) is 2.90. The molecule has 0 saturated heterocycles. The van der Waals surface area contributed by atoms with Gasteiger partial charge in [0, 0.05) is 6.42 Å². The predicted molar refractivity (Wildman–Crippen MR) is 51.3 cm³/mol. The summed E-state index contributed by atoms with van der Waals surface area (Å²) in [6.07, 6.45) is 0.677. The number of carbonyl (C=O) groups excluding carboxylic acids is 2. The quantitative estimate of drug-likeness (QED) is 0.652. The maximum absolute atomic E-state index is 11.4. The van der Waals surface area contributed by atoms with Gasteiger partial charge in [-0.3, -0.25) is 0 Å². The Hall–Kier alpha value is -1.30. The van der Waals surface area contributed by atoms with Crippen LogP contribution in [-0.4, -0.2) is 17.7 Å². The molecule has 6 heteroatoms. The molecule has 1 saturated carbocycles. The highest BCUT2D eigenvalue weighted by Crippen LogP contribution is 2.46. The number of primary amides is 1. The monoisotopic (exact) mass is 216 g/mol. The van der Waals surface area contributed by atoms with E-state index in [2.05, 4.69) is 4.84 Å². The molecule has 0 bridgehead atoms. The largest absolute Gasteiger partial charge is 0.443 e. The summed E-state index contributed by atoms with van der Waals surface area (Å²) in [4.78, 5) is 26.3. The number of nitrogens with two attached hydrogens (primary N) is 2. The summed E-state index contributed by atoms with van der Waals surface area (Å²) >= 11 is 0. The van der Waals surface area contributed by atoms with Crippen molar-refractivity contribution >= 4 is 12.1 Å². The topological polar surface area (TPSA) is 105 Å². The highest BCUT2D eigenvalue weighted by molar-refractivity contribution is 5.77. The van der Waals surface area contributed by atoms with Crippen molar-refractivity contribution in [2.75, 3.05) is 0 Å². The lowest BCUT2D eigenvalue weighted by Crippen LogP contribution is -2.36. The molecule has 86 valence electrons. The molecular weight excluding hydrogens is 200 g/mol. The van der Waals surface area contributed by atoms with E-state index in [0.29, 0.717) is 19.3 Å². The van der Waals surface area contributed by atoms with E-state index in [1.807, 2.05) is 0 Å². The summed E-state index contributed by atoms with van der Waals surface area (Å²) in [5, 5.41) is 0. The Balaban J connectivity index is 2.72. The first-order valence-electron chi connectivity index (χ1n) is 4.71. The lowest BCUT2D eigenvalue weighted by molar-refractivity contribution is -0.156. The second-order valence-corrected chi connectivity index (χ2v) is 4.51. The summed E-state index contributed by atoms with van der Waals surface area (Å²) in [5.41, 5.74) is 3.56. The van der Waals surface area contributed by atoms with Gasteiger partial charge >= 0.3 is 12.1 Å². The second kappa shape index (κ2) is 3.69. The molecule has 0 radical (unpaired) electrons. The first-order valence-corrected chi connectivity index (χ1v) is 4.71. The molecule has 0 aromatic carbocycles. The zero-order chi connectivity index (χ0) is 11.7. The van der Waals surface area contributed by atoms with Crippen LogP contribution in [0.3, 0.4) is 0 Å². The van der Waals surface area contributed by atoms with Crippen molar-refractivity contribution in [1.82, 2.24) is 0 Å². The number of hydrogen-bond acceptors (Lipinski definition) is 5. The third kappa shape index (κ3) is 2.38. The maximum Gasteiger partial charge on any atom is 0.405 e. The van der Waals surface area contributed by atoms with Crippen LogP contribution in [0.1, 0.15) is 33.1 Å². The Labute approximate surface area is 87.8 Å². The minimum absolute atomic E-state index is 0.374. The summed E-state index contributed by atoms with van der Waals surface area (Å²) in [6.45, 7) is 3.48. The molecule has 1 aliphatic carbocycles. The van der Waals surface area contributed by atoms with Crippen LogP contribution < -0.4 is 11.6 Å². The van der Waals surface area contributed by atoms with Gasteiger partial charge in [-0.1, -0.05) is 0 Å². The van der Waals surface area contributed by atoms with Gasteiger partial charge in [0.2, 0.25) is 0 Å². The molecule has 6 nitrogen and oxygen atoms in total. The van der Waals surface area contributed by atoms with Gasteiger partial charge in [-0.15, -0.1) is 0 Å². The van der Waals surface area contributed by atoms with Gasteiger partial charge in [-0.05, 0) is 26.7 Å². The van der Waals surface area contributed by atoms with E-state index in [4.69, 9.17) is 16.4 Å². The van der Waals surface area contributed by atoms with Crippen LogP contribution in [0.5, 0.6) is 0 Å². The first kappa shape index (κ1) is 11.8. The van der Waals surface area contributed by atoms with Gasteiger partial charge in [0.1, 0.15) is 5.60 Å². The minimum Gasteiger partial charge on any atom is -0.443 e. The maximum atomic E-state index is 11.4. The number of ether oxygens (including phenoxy) is 1. The molecule has 0 heterocycles. The summed E-state index contributed by atoms with van der Waals surface area (Å²) < 4.78 is 4.98. The van der Waals surface area contributed by atoms with E-state index in [9.17, 15) is 9.59 Å². The van der Waals surface area contributed by atoms with E-state index < -0.39 is 23.1 Å². The Morgan fingerprint density at radius 1 is 1.27 bits per heavy atom. The average Bonchev–Trinajstić information content (AvgIpc) is 2.41. The summed E-state index contributed by atoms with van der Waals surface area (Å²) in [5.74, 6) is 4.36. The van der Waals surface area contributed by atoms with Crippen molar-refractivity contribution in [3.8, 4) is 0 Å². The van der Waals surface area contributed by atoms with E-state index >= 15 is 0 Å². The standard InChI is InChI=1S/C9H16N2O4/c1-8(6(12)15-11)3-4-9(2,5-8)14-7(10)13/h3-5,11H2,1-2H3,(H2,10,13). The van der Waals surface area contributed by atoms with Gasteiger partial charge in [-0.2, -0.15) is 5.90 Å². The third-order valence-electron chi connectivity index (χ3n) is 2.92. The summed E-state index contributed by atoms with van der Waals surface area (Å²) in [7, 11) is 0. The molecule has 1 rings (SSSR count). The SMILES string of the molecule is CC1(OC(N)=O)CCC(C)(C(=O)ON)C1. The zero-order valence-electron chi connectivity index (χ0n) is 8.91. The normalized spacial score (nSPS) is 34.9. The lowest BCUT2D eigenvalue weighted by atomic mass is 9.87. The Morgan fingerprint density at radius 2 is 1.87 bits per heavy atom. The van der Waals surface area contributed by atoms with E-state index in [1.54, 1.807) is 13.8 Å². The third-order valence-corrected chi connectivity index (χ3v) is 2.92. The number of amides is 1. The van der Waals surface area contributed by atoms with Crippen LogP contribution in [0, 0.1) is 5.41 Å². The Morgan fingerprint density at radius 3 is 2.33 bits per heavy atom. The molecule has 4 N–H and O–H groups in total. The smallest absolute Gasteiger partial charge is 0.405 e. The fourth-order valence-corrected chi connectivity index (χ4v) is 2.19. The fourth-order valence-electron chi connectivity index (χ4n) is 2.19. The van der Waals surface area contributed by atoms with Crippen molar-refractivity contribution in [2.24, 2.45) is 17.0 Å². The van der Waals surface area contributed by atoms with Crippen LogP contribution in [-0.2, 0) is 14.4 Å². The predicted octanol–water partition coefficient (Wildman–Crippen LogP) is 0.447. The zero-order valence-corrected chi connectivity index (χ0v) is 8.91.